The van der Waals surface area contributed by atoms with Crippen LogP contribution in [0.25, 0.3) is 11.0 Å². The summed E-state index contributed by atoms with van der Waals surface area (Å²) >= 11 is 1.32. The first kappa shape index (κ1) is 18.4. The van der Waals surface area contributed by atoms with E-state index in [4.69, 9.17) is 0 Å². The molecule has 140 valence electrons. The second kappa shape index (κ2) is 7.56. The normalized spacial score (nSPS) is 15.1. The Hall–Kier alpha value is -2.99. The molecule has 1 aliphatic heterocycles. The van der Waals surface area contributed by atoms with E-state index in [-0.39, 0.29) is 0 Å². The maximum absolute atomic E-state index is 13.2. The van der Waals surface area contributed by atoms with Gasteiger partial charge in [0.25, 0.3) is 0 Å². The molecule has 2 nitrogen and oxygen atoms in total. The van der Waals surface area contributed by atoms with Gasteiger partial charge in [-0.25, -0.2) is 4.99 Å². The van der Waals surface area contributed by atoms with Crippen LogP contribution in [0.1, 0.15) is 16.7 Å². The van der Waals surface area contributed by atoms with Crippen LogP contribution in [0.15, 0.2) is 83.9 Å². The number of hydrogen-bond acceptors (Lipinski definition) is 3. The molecule has 0 saturated heterocycles. The van der Waals surface area contributed by atoms with Crippen LogP contribution in [-0.4, -0.2) is 5.17 Å². The highest BCUT2D eigenvalue weighted by atomic mass is 32.2. The van der Waals surface area contributed by atoms with Crippen LogP contribution in [0.5, 0.6) is 0 Å². The van der Waals surface area contributed by atoms with E-state index in [1.54, 1.807) is 0 Å². The second-order valence-corrected chi connectivity index (χ2v) is 7.19. The Balaban J connectivity index is 1.78. The largest absolute Gasteiger partial charge is 0.416 e. The van der Waals surface area contributed by atoms with Crippen molar-refractivity contribution in [3.05, 3.63) is 95.6 Å². The summed E-state index contributed by atoms with van der Waals surface area (Å²) in [7, 11) is 0. The minimum Gasteiger partial charge on any atom is -0.334 e. The van der Waals surface area contributed by atoms with Gasteiger partial charge in [-0.2, -0.15) is 13.2 Å². The van der Waals surface area contributed by atoms with E-state index in [9.17, 15) is 13.2 Å². The van der Waals surface area contributed by atoms with Crippen LogP contribution in [0.4, 0.5) is 24.5 Å². The van der Waals surface area contributed by atoms with Crippen LogP contribution in [-0.2, 0) is 6.18 Å². The molecule has 0 fully saturated rings. The highest BCUT2D eigenvalue weighted by molar-refractivity contribution is 8.22. The summed E-state index contributed by atoms with van der Waals surface area (Å²) in [5, 5.41) is 3.84. The van der Waals surface area contributed by atoms with Gasteiger partial charge in [0.2, 0.25) is 0 Å². The summed E-state index contributed by atoms with van der Waals surface area (Å²) in [6.07, 6.45) is -2.52. The molecule has 0 unspecified atom stereocenters. The maximum atomic E-state index is 13.2. The van der Waals surface area contributed by atoms with Gasteiger partial charge in [-0.3, -0.25) is 0 Å². The zero-order valence-electron chi connectivity index (χ0n) is 14.6. The van der Waals surface area contributed by atoms with Crippen molar-refractivity contribution in [1.29, 1.82) is 0 Å². The third-order valence-corrected chi connectivity index (χ3v) is 5.08. The van der Waals surface area contributed by atoms with Gasteiger partial charge in [0, 0.05) is 16.2 Å². The van der Waals surface area contributed by atoms with Crippen LogP contribution in [0, 0.1) is 0 Å². The first-order chi connectivity index (χ1) is 13.5. The fourth-order valence-electron chi connectivity index (χ4n) is 2.80. The zero-order valence-corrected chi connectivity index (χ0v) is 15.4. The first-order valence-electron chi connectivity index (χ1n) is 8.56. The molecule has 1 aliphatic rings. The molecule has 0 saturated carbocycles. The van der Waals surface area contributed by atoms with E-state index in [1.165, 1.54) is 23.9 Å². The van der Waals surface area contributed by atoms with Gasteiger partial charge in [-0.05, 0) is 42.0 Å². The number of thioether (sulfide) groups is 1. The number of nitrogens with zero attached hydrogens (tertiary/aromatic N) is 1. The predicted octanol–water partition coefficient (Wildman–Crippen LogP) is 7.05. The summed E-state index contributed by atoms with van der Waals surface area (Å²) in [6.45, 7) is 0. The van der Waals surface area contributed by atoms with E-state index in [0.717, 1.165) is 17.3 Å². The lowest BCUT2D eigenvalue weighted by Gasteiger charge is -2.20. The molecule has 0 aromatic heterocycles. The monoisotopic (exact) mass is 396 g/mol. The molecule has 0 spiro atoms. The quantitative estimate of drug-likeness (QED) is 0.502. The Bertz CT molecular complexity index is 1040. The number of hydrogen-bond donors (Lipinski definition) is 1. The van der Waals surface area contributed by atoms with Gasteiger partial charge in [-0.1, -0.05) is 60.3 Å². The third-order valence-electron chi connectivity index (χ3n) is 4.14. The number of alkyl halides is 3. The zero-order chi connectivity index (χ0) is 19.6. The lowest BCUT2D eigenvalue weighted by Crippen LogP contribution is -2.11. The molecule has 6 heteroatoms. The van der Waals surface area contributed by atoms with Crippen molar-refractivity contribution in [1.82, 2.24) is 0 Å². The van der Waals surface area contributed by atoms with Gasteiger partial charge < -0.3 is 5.32 Å². The lowest BCUT2D eigenvalue weighted by atomic mass is 10.1. The fraction of sp³-hybridized carbons (Fsp3) is 0.0455. The average molecular weight is 396 g/mol. The van der Waals surface area contributed by atoms with E-state index < -0.39 is 11.7 Å². The molecule has 1 heterocycles. The summed E-state index contributed by atoms with van der Waals surface area (Å²) in [4.78, 5) is 5.23. The molecular formula is C22H15F3N2S. The van der Waals surface area contributed by atoms with Gasteiger partial charge in [0.15, 0.2) is 5.17 Å². The summed E-state index contributed by atoms with van der Waals surface area (Å²) in [6, 6.07) is 22.7. The Labute approximate surface area is 164 Å². The molecule has 0 amide bonds. The number of aliphatic imine (C=N–C) groups is 1. The first-order valence-corrected chi connectivity index (χ1v) is 9.38. The number of benzene rings is 3. The molecule has 28 heavy (non-hydrogen) atoms. The molecule has 0 radical (unpaired) electrons. The number of anilines is 1. The van der Waals surface area contributed by atoms with Crippen molar-refractivity contribution in [3.8, 4) is 0 Å². The minimum atomic E-state index is -4.40. The van der Waals surface area contributed by atoms with Crippen LogP contribution in [0.3, 0.4) is 0 Å². The SMILES string of the molecule is FC(F)(F)c1ccc2c(c1)/C(=C\c1ccccc1)SC(Nc1ccccc1)=N2. The summed E-state index contributed by atoms with van der Waals surface area (Å²) in [5.74, 6) is 0. The molecule has 0 aliphatic carbocycles. The lowest BCUT2D eigenvalue weighted by molar-refractivity contribution is -0.137. The Morgan fingerprint density at radius 1 is 0.857 bits per heavy atom. The molecule has 0 atom stereocenters. The van der Waals surface area contributed by atoms with Crippen LogP contribution >= 0.6 is 11.8 Å². The van der Waals surface area contributed by atoms with Crippen molar-refractivity contribution in [3.63, 3.8) is 0 Å². The number of amidine groups is 1. The third kappa shape index (κ3) is 4.12. The second-order valence-electron chi connectivity index (χ2n) is 6.16. The van der Waals surface area contributed by atoms with Crippen molar-refractivity contribution in [2.45, 2.75) is 6.18 Å². The number of para-hydroxylation sites is 1. The average Bonchev–Trinajstić information content (AvgIpc) is 2.68. The molecule has 0 bridgehead atoms. The smallest absolute Gasteiger partial charge is 0.334 e. The van der Waals surface area contributed by atoms with E-state index in [1.807, 2.05) is 66.7 Å². The highest BCUT2D eigenvalue weighted by Gasteiger charge is 2.32. The minimum absolute atomic E-state index is 0.474. The number of rotatable bonds is 2. The molecule has 1 N–H and O–H groups in total. The van der Waals surface area contributed by atoms with Crippen LogP contribution in [0.2, 0.25) is 0 Å². The Kier molecular flexibility index (Phi) is 4.96. The Morgan fingerprint density at radius 2 is 1.54 bits per heavy atom. The van der Waals surface area contributed by atoms with E-state index in [2.05, 4.69) is 10.3 Å². The maximum Gasteiger partial charge on any atom is 0.416 e. The Morgan fingerprint density at radius 3 is 2.21 bits per heavy atom. The van der Waals surface area contributed by atoms with Crippen molar-refractivity contribution in [2.24, 2.45) is 4.99 Å². The predicted molar refractivity (Wildman–Crippen MR) is 111 cm³/mol. The van der Waals surface area contributed by atoms with Gasteiger partial charge in [0.1, 0.15) is 0 Å². The molecule has 3 aromatic carbocycles. The summed E-state index contributed by atoms with van der Waals surface area (Å²) < 4.78 is 39.6. The standard InChI is InChI=1S/C22H15F3N2S/c23-22(24,25)16-11-12-19-18(14-16)20(13-15-7-3-1-4-8-15)28-21(27-19)26-17-9-5-2-6-10-17/h1-14H,(H,26,27)/b20-13+. The van der Waals surface area contributed by atoms with E-state index in [0.29, 0.717) is 21.3 Å². The molecule has 4 rings (SSSR count). The number of fused-ring (bicyclic) bond motifs is 1. The van der Waals surface area contributed by atoms with Gasteiger partial charge in [0.05, 0.1) is 11.3 Å². The molecular weight excluding hydrogens is 381 g/mol. The van der Waals surface area contributed by atoms with Gasteiger partial charge in [-0.15, -0.1) is 0 Å². The fourth-order valence-corrected chi connectivity index (χ4v) is 3.79. The molecule has 3 aromatic rings. The van der Waals surface area contributed by atoms with Crippen LogP contribution < -0.4 is 5.32 Å². The number of nitrogens with one attached hydrogen (secondary N) is 1. The van der Waals surface area contributed by atoms with E-state index >= 15 is 0 Å². The number of halogens is 3. The van der Waals surface area contributed by atoms with Crippen molar-refractivity contribution < 1.29 is 13.2 Å². The van der Waals surface area contributed by atoms with Crippen molar-refractivity contribution >= 4 is 39.3 Å². The summed E-state index contributed by atoms with van der Waals surface area (Å²) in [5.41, 5.74) is 2.08. The van der Waals surface area contributed by atoms with Crippen molar-refractivity contribution in [2.75, 3.05) is 5.32 Å². The topological polar surface area (TPSA) is 24.4 Å². The van der Waals surface area contributed by atoms with Gasteiger partial charge >= 0.3 is 6.18 Å². The highest BCUT2D eigenvalue weighted by Crippen LogP contribution is 2.44.